The molecule has 0 aliphatic rings. The lowest BCUT2D eigenvalue weighted by atomic mass is 10.1. The number of aryl methyl sites for hydroxylation is 2. The molecule has 62 valence electrons. The molecule has 1 rings (SSSR count). The monoisotopic (exact) mass is 153 g/mol. The molecule has 0 amide bonds. The fourth-order valence-electron chi connectivity index (χ4n) is 0.929. The van der Waals surface area contributed by atoms with Crippen LogP contribution in [0.15, 0.2) is 10.6 Å². The summed E-state index contributed by atoms with van der Waals surface area (Å²) in [7, 11) is 0. The Hall–Kier alpha value is -0.790. The van der Waals surface area contributed by atoms with Crippen LogP contribution in [0.4, 0.5) is 0 Å². The average molecular weight is 153 g/mol. The summed E-state index contributed by atoms with van der Waals surface area (Å²) in [4.78, 5) is 4.12. The van der Waals surface area contributed by atoms with Crippen LogP contribution < -0.4 is 0 Å². The Balaban J connectivity index is 2.39. The molecule has 1 aromatic heterocycles. The first-order valence-corrected chi connectivity index (χ1v) is 4.10. The third-order valence-corrected chi connectivity index (χ3v) is 1.60. The second-order valence-corrected chi connectivity index (χ2v) is 3.30. The molecule has 0 radical (unpaired) electrons. The zero-order chi connectivity index (χ0) is 8.27. The number of oxazole rings is 1. The lowest BCUT2D eigenvalue weighted by Crippen LogP contribution is -1.91. The van der Waals surface area contributed by atoms with Crippen molar-refractivity contribution in [2.24, 2.45) is 5.92 Å². The van der Waals surface area contributed by atoms with Gasteiger partial charge in [-0.25, -0.2) is 4.98 Å². The van der Waals surface area contributed by atoms with Crippen molar-refractivity contribution >= 4 is 0 Å². The topological polar surface area (TPSA) is 26.0 Å². The minimum atomic E-state index is 0.724. The molecule has 0 saturated heterocycles. The van der Waals surface area contributed by atoms with Crippen molar-refractivity contribution < 1.29 is 4.42 Å². The van der Waals surface area contributed by atoms with Gasteiger partial charge in [0.2, 0.25) is 0 Å². The molecule has 0 atom stereocenters. The highest BCUT2D eigenvalue weighted by Crippen LogP contribution is 2.08. The molecule has 0 spiro atoms. The molecule has 1 heterocycles. The highest BCUT2D eigenvalue weighted by atomic mass is 16.3. The van der Waals surface area contributed by atoms with Crippen LogP contribution in [0.25, 0.3) is 0 Å². The summed E-state index contributed by atoms with van der Waals surface area (Å²) in [6.45, 7) is 6.33. The number of rotatable bonds is 3. The number of nitrogens with zero attached hydrogens (tertiary/aromatic N) is 1. The van der Waals surface area contributed by atoms with Gasteiger partial charge in [0.25, 0.3) is 0 Å². The molecule has 1 aromatic rings. The van der Waals surface area contributed by atoms with E-state index in [-0.39, 0.29) is 0 Å². The van der Waals surface area contributed by atoms with Gasteiger partial charge < -0.3 is 4.42 Å². The summed E-state index contributed by atoms with van der Waals surface area (Å²) in [5.74, 6) is 2.50. The van der Waals surface area contributed by atoms with Gasteiger partial charge >= 0.3 is 0 Å². The third kappa shape index (κ3) is 2.74. The third-order valence-electron chi connectivity index (χ3n) is 1.60. The Morgan fingerprint density at radius 3 is 2.73 bits per heavy atom. The van der Waals surface area contributed by atoms with E-state index in [0.717, 1.165) is 30.4 Å². The summed E-state index contributed by atoms with van der Waals surface area (Å²) in [6, 6.07) is 0. The van der Waals surface area contributed by atoms with Crippen molar-refractivity contribution in [1.29, 1.82) is 0 Å². The van der Waals surface area contributed by atoms with Gasteiger partial charge in [-0.05, 0) is 19.3 Å². The Morgan fingerprint density at radius 1 is 1.55 bits per heavy atom. The Labute approximate surface area is 67.6 Å². The maximum atomic E-state index is 5.32. The number of aromatic nitrogens is 1. The van der Waals surface area contributed by atoms with E-state index in [1.54, 1.807) is 6.20 Å². The van der Waals surface area contributed by atoms with Crippen molar-refractivity contribution in [3.05, 3.63) is 17.8 Å². The number of hydrogen-bond donors (Lipinski definition) is 0. The lowest BCUT2D eigenvalue weighted by Gasteiger charge is -1.99. The van der Waals surface area contributed by atoms with Crippen molar-refractivity contribution in [2.75, 3.05) is 0 Å². The number of hydrogen-bond acceptors (Lipinski definition) is 2. The van der Waals surface area contributed by atoms with E-state index < -0.39 is 0 Å². The molecule has 11 heavy (non-hydrogen) atoms. The summed E-state index contributed by atoms with van der Waals surface area (Å²) in [5.41, 5.74) is 0. The minimum absolute atomic E-state index is 0.724. The standard InChI is InChI=1S/C9H15NO/c1-7(2)4-5-9-10-6-8(3)11-9/h6-7H,4-5H2,1-3H3. The molecule has 0 saturated carbocycles. The van der Waals surface area contributed by atoms with Crippen LogP contribution in [0.5, 0.6) is 0 Å². The molecule has 0 aliphatic carbocycles. The average Bonchev–Trinajstić information content (AvgIpc) is 2.31. The van der Waals surface area contributed by atoms with E-state index in [2.05, 4.69) is 18.8 Å². The van der Waals surface area contributed by atoms with Crippen molar-refractivity contribution in [3.8, 4) is 0 Å². The van der Waals surface area contributed by atoms with E-state index in [1.807, 2.05) is 6.92 Å². The quantitative estimate of drug-likeness (QED) is 0.667. The van der Waals surface area contributed by atoms with E-state index in [1.165, 1.54) is 0 Å². The SMILES string of the molecule is Cc1cnc(CCC(C)C)o1. The van der Waals surface area contributed by atoms with Crippen molar-refractivity contribution in [3.63, 3.8) is 0 Å². The lowest BCUT2D eigenvalue weighted by molar-refractivity contribution is 0.445. The van der Waals surface area contributed by atoms with Crippen LogP contribution in [0.2, 0.25) is 0 Å². The van der Waals surface area contributed by atoms with Gasteiger partial charge in [-0.1, -0.05) is 13.8 Å². The molecular formula is C9H15NO. The van der Waals surface area contributed by atoms with Gasteiger partial charge in [-0.2, -0.15) is 0 Å². The van der Waals surface area contributed by atoms with Crippen LogP contribution in [0.1, 0.15) is 31.9 Å². The van der Waals surface area contributed by atoms with Crippen LogP contribution in [0, 0.1) is 12.8 Å². The van der Waals surface area contributed by atoms with Gasteiger partial charge in [-0.3, -0.25) is 0 Å². The second-order valence-electron chi connectivity index (χ2n) is 3.30. The zero-order valence-electron chi connectivity index (χ0n) is 7.42. The Kier molecular flexibility index (Phi) is 2.69. The summed E-state index contributed by atoms with van der Waals surface area (Å²) >= 11 is 0. The predicted molar refractivity (Wildman–Crippen MR) is 44.4 cm³/mol. The molecule has 0 aliphatic heterocycles. The van der Waals surface area contributed by atoms with Crippen molar-refractivity contribution in [1.82, 2.24) is 4.98 Å². The first-order valence-electron chi connectivity index (χ1n) is 4.10. The van der Waals surface area contributed by atoms with E-state index in [9.17, 15) is 0 Å². The highest BCUT2D eigenvalue weighted by molar-refractivity contribution is 4.90. The van der Waals surface area contributed by atoms with Crippen LogP contribution in [0.3, 0.4) is 0 Å². The fraction of sp³-hybridized carbons (Fsp3) is 0.667. The Morgan fingerprint density at radius 2 is 2.27 bits per heavy atom. The van der Waals surface area contributed by atoms with E-state index >= 15 is 0 Å². The first kappa shape index (κ1) is 8.31. The fourth-order valence-corrected chi connectivity index (χ4v) is 0.929. The maximum Gasteiger partial charge on any atom is 0.194 e. The highest BCUT2D eigenvalue weighted by Gasteiger charge is 2.01. The van der Waals surface area contributed by atoms with Crippen LogP contribution in [-0.2, 0) is 6.42 Å². The molecular weight excluding hydrogens is 138 g/mol. The molecule has 0 N–H and O–H groups in total. The minimum Gasteiger partial charge on any atom is -0.446 e. The first-order chi connectivity index (χ1) is 5.18. The van der Waals surface area contributed by atoms with Gasteiger partial charge in [0.15, 0.2) is 5.89 Å². The predicted octanol–water partition coefficient (Wildman–Crippen LogP) is 2.57. The summed E-state index contributed by atoms with van der Waals surface area (Å²) in [5, 5.41) is 0. The smallest absolute Gasteiger partial charge is 0.194 e. The van der Waals surface area contributed by atoms with Gasteiger partial charge in [0.05, 0.1) is 6.20 Å². The Bertz CT molecular complexity index is 215. The molecule has 0 fully saturated rings. The van der Waals surface area contributed by atoms with Gasteiger partial charge in [-0.15, -0.1) is 0 Å². The van der Waals surface area contributed by atoms with Gasteiger partial charge in [0.1, 0.15) is 5.76 Å². The molecule has 0 unspecified atom stereocenters. The van der Waals surface area contributed by atoms with Gasteiger partial charge in [0, 0.05) is 6.42 Å². The van der Waals surface area contributed by atoms with E-state index in [0.29, 0.717) is 0 Å². The molecule has 2 heteroatoms. The maximum absolute atomic E-state index is 5.32. The van der Waals surface area contributed by atoms with Crippen LogP contribution in [-0.4, -0.2) is 4.98 Å². The molecule has 2 nitrogen and oxygen atoms in total. The van der Waals surface area contributed by atoms with E-state index in [4.69, 9.17) is 4.42 Å². The molecule has 0 bridgehead atoms. The van der Waals surface area contributed by atoms with Crippen LogP contribution >= 0.6 is 0 Å². The second kappa shape index (κ2) is 3.56. The molecule has 0 aromatic carbocycles. The van der Waals surface area contributed by atoms with Crippen molar-refractivity contribution in [2.45, 2.75) is 33.6 Å². The summed E-state index contributed by atoms with van der Waals surface area (Å²) < 4.78 is 5.32. The summed E-state index contributed by atoms with van der Waals surface area (Å²) in [6.07, 6.45) is 3.89. The largest absolute Gasteiger partial charge is 0.446 e. The normalized spacial score (nSPS) is 10.9. The zero-order valence-corrected chi connectivity index (χ0v) is 7.42.